The second-order valence-electron chi connectivity index (χ2n) is 3.94. The molecular weight excluding hydrogens is 322 g/mol. The van der Waals surface area contributed by atoms with E-state index in [9.17, 15) is 0 Å². The van der Waals surface area contributed by atoms with Crippen LogP contribution in [-0.2, 0) is 0 Å². The van der Waals surface area contributed by atoms with Gasteiger partial charge in [0.05, 0.1) is 16.1 Å². The molecule has 0 aliphatic rings. The third-order valence-electron chi connectivity index (χ3n) is 2.63. The monoisotopic (exact) mass is 335 g/mol. The fourth-order valence-electron chi connectivity index (χ4n) is 1.75. The summed E-state index contributed by atoms with van der Waals surface area (Å²) >= 11 is 8.57. The van der Waals surface area contributed by atoms with Crippen molar-refractivity contribution in [2.45, 2.75) is 0 Å². The van der Waals surface area contributed by atoms with Gasteiger partial charge in [-0.3, -0.25) is 0 Å². The van der Waals surface area contributed by atoms with Gasteiger partial charge in [0.1, 0.15) is 0 Å². The molecule has 0 amide bonds. The van der Waals surface area contributed by atoms with E-state index in [1.165, 1.54) is 11.6 Å². The molecule has 0 atom stereocenters. The highest BCUT2D eigenvalue weighted by atomic mass is 79.9. The zero-order valence-electron chi connectivity index (χ0n) is 10.2. The van der Waals surface area contributed by atoms with Crippen molar-refractivity contribution < 1.29 is 0 Å². The van der Waals surface area contributed by atoms with Crippen LogP contribution in [0.15, 0.2) is 53.3 Å². The fraction of sp³-hybridized carbons (Fsp3) is 0.0714. The highest BCUT2D eigenvalue weighted by Gasteiger charge is 2.02. The van der Waals surface area contributed by atoms with Gasteiger partial charge < -0.3 is 16.4 Å². The van der Waals surface area contributed by atoms with Gasteiger partial charge in [-0.25, -0.2) is 0 Å². The van der Waals surface area contributed by atoms with Crippen LogP contribution in [0, 0.1) is 0 Å². The molecule has 4 N–H and O–H groups in total. The van der Waals surface area contributed by atoms with Crippen LogP contribution in [0.1, 0.15) is 0 Å². The maximum absolute atomic E-state index is 5.35. The average molecular weight is 336 g/mol. The Balaban J connectivity index is 2.11. The molecule has 0 unspecified atom stereocenters. The van der Waals surface area contributed by atoms with Gasteiger partial charge in [0.25, 0.3) is 0 Å². The molecule has 0 aromatic heterocycles. The van der Waals surface area contributed by atoms with E-state index in [1.54, 1.807) is 0 Å². The van der Waals surface area contributed by atoms with Crippen LogP contribution in [0.25, 0.3) is 10.8 Å². The molecular formula is C14H14BrN3S. The van der Waals surface area contributed by atoms with Gasteiger partial charge in [0.15, 0.2) is 0 Å². The average Bonchev–Trinajstić information content (AvgIpc) is 2.45. The second kappa shape index (κ2) is 6.54. The number of halogens is 1. The van der Waals surface area contributed by atoms with Gasteiger partial charge >= 0.3 is 0 Å². The third kappa shape index (κ3) is 3.68. The smallest absolute Gasteiger partial charge is 0.0991 e. The highest BCUT2D eigenvalue weighted by Crippen LogP contribution is 2.22. The van der Waals surface area contributed by atoms with Crippen LogP contribution in [0.4, 0.5) is 5.69 Å². The van der Waals surface area contributed by atoms with Crippen LogP contribution >= 0.6 is 28.1 Å². The molecule has 0 saturated carbocycles. The first-order valence-electron chi connectivity index (χ1n) is 5.79. The van der Waals surface area contributed by atoms with E-state index < -0.39 is 0 Å². The zero-order valence-corrected chi connectivity index (χ0v) is 12.6. The first-order chi connectivity index (χ1) is 9.20. The normalized spacial score (nSPS) is 11.3. The van der Waals surface area contributed by atoms with Crippen LogP contribution in [0.3, 0.4) is 0 Å². The minimum Gasteiger partial charge on any atom is -0.403 e. The van der Waals surface area contributed by atoms with Crippen molar-refractivity contribution in [2.75, 3.05) is 11.9 Å². The summed E-state index contributed by atoms with van der Waals surface area (Å²) in [6.07, 6.45) is 1.44. The predicted molar refractivity (Wildman–Crippen MR) is 89.4 cm³/mol. The van der Waals surface area contributed by atoms with E-state index >= 15 is 0 Å². The Morgan fingerprint density at radius 1 is 1.21 bits per heavy atom. The summed E-state index contributed by atoms with van der Waals surface area (Å²) in [5, 5.41) is 8.63. The molecule has 0 spiro atoms. The van der Waals surface area contributed by atoms with Crippen molar-refractivity contribution in [1.82, 2.24) is 5.32 Å². The van der Waals surface area contributed by atoms with Gasteiger partial charge in [0, 0.05) is 17.3 Å². The topological polar surface area (TPSA) is 50.1 Å². The van der Waals surface area contributed by atoms with Crippen LogP contribution in [-0.4, -0.2) is 11.5 Å². The van der Waals surface area contributed by atoms with E-state index in [0.717, 1.165) is 15.7 Å². The van der Waals surface area contributed by atoms with Crippen molar-refractivity contribution >= 4 is 49.6 Å². The number of benzene rings is 2. The number of anilines is 1. The lowest BCUT2D eigenvalue weighted by Crippen LogP contribution is -2.25. The molecule has 0 bridgehead atoms. The molecule has 2 rings (SSSR count). The zero-order chi connectivity index (χ0) is 13.7. The van der Waals surface area contributed by atoms with Gasteiger partial charge in [0.2, 0.25) is 0 Å². The molecule has 0 saturated heterocycles. The van der Waals surface area contributed by atoms with E-state index in [1.807, 2.05) is 24.3 Å². The number of nitrogens with two attached hydrogens (primary N) is 1. The minimum atomic E-state index is 0.521. The summed E-state index contributed by atoms with van der Waals surface area (Å²) < 4.78 is 0.717. The van der Waals surface area contributed by atoms with Crippen LogP contribution in [0.5, 0.6) is 0 Å². The SMILES string of the molecule is N/C=C(\Br)NCC(=S)Nc1cccc2ccccc12. The Morgan fingerprint density at radius 2 is 1.95 bits per heavy atom. The van der Waals surface area contributed by atoms with Crippen molar-refractivity contribution in [3.05, 3.63) is 53.3 Å². The Labute approximate surface area is 126 Å². The minimum absolute atomic E-state index is 0.521. The van der Waals surface area contributed by atoms with Crippen LogP contribution in [0.2, 0.25) is 0 Å². The van der Waals surface area contributed by atoms with Gasteiger partial charge in [-0.15, -0.1) is 0 Å². The summed E-state index contributed by atoms with van der Waals surface area (Å²) in [6, 6.07) is 14.3. The molecule has 2 aromatic rings. The first-order valence-corrected chi connectivity index (χ1v) is 6.99. The molecule has 0 radical (unpaired) electrons. The second-order valence-corrected chi connectivity index (χ2v) is 5.29. The fourth-order valence-corrected chi connectivity index (χ4v) is 2.07. The lowest BCUT2D eigenvalue weighted by atomic mass is 10.1. The maximum Gasteiger partial charge on any atom is 0.0991 e. The molecule has 0 fully saturated rings. The van der Waals surface area contributed by atoms with Crippen LogP contribution < -0.4 is 16.4 Å². The first kappa shape index (κ1) is 13.8. The van der Waals surface area contributed by atoms with Gasteiger partial charge in [-0.2, -0.15) is 0 Å². The Kier molecular flexibility index (Phi) is 4.76. The number of hydrogen-bond donors (Lipinski definition) is 3. The quantitative estimate of drug-likeness (QED) is 0.592. The lowest BCUT2D eigenvalue weighted by molar-refractivity contribution is 1.00. The van der Waals surface area contributed by atoms with Gasteiger partial charge in [-0.1, -0.05) is 48.6 Å². The molecule has 98 valence electrons. The van der Waals surface area contributed by atoms with E-state index in [-0.39, 0.29) is 0 Å². The summed E-state index contributed by atoms with van der Waals surface area (Å²) in [5.74, 6) is 0. The Bertz CT molecular complexity index is 620. The standard InChI is InChI=1S/C14H14BrN3S/c15-13(8-16)17-9-14(19)18-12-7-3-5-10-4-1-2-6-11(10)12/h1-8,17H,9,16H2,(H,18,19)/b13-8+. The molecule has 19 heavy (non-hydrogen) atoms. The van der Waals surface area contributed by atoms with E-state index in [2.05, 4.69) is 44.8 Å². The molecule has 5 heteroatoms. The molecule has 0 aliphatic heterocycles. The predicted octanol–water partition coefficient (Wildman–Crippen LogP) is 3.32. The Morgan fingerprint density at radius 3 is 2.74 bits per heavy atom. The number of hydrogen-bond acceptors (Lipinski definition) is 3. The molecule has 3 nitrogen and oxygen atoms in total. The largest absolute Gasteiger partial charge is 0.403 e. The Hall–Kier alpha value is -1.59. The number of rotatable bonds is 4. The van der Waals surface area contributed by atoms with Crippen molar-refractivity contribution in [3.8, 4) is 0 Å². The lowest BCUT2D eigenvalue weighted by Gasteiger charge is -2.11. The van der Waals surface area contributed by atoms with E-state index in [0.29, 0.717) is 11.5 Å². The molecule has 2 aromatic carbocycles. The summed E-state index contributed by atoms with van der Waals surface area (Å²) in [7, 11) is 0. The van der Waals surface area contributed by atoms with E-state index in [4.69, 9.17) is 18.0 Å². The van der Waals surface area contributed by atoms with Crippen molar-refractivity contribution in [2.24, 2.45) is 5.73 Å². The highest BCUT2D eigenvalue weighted by molar-refractivity contribution is 9.11. The summed E-state index contributed by atoms with van der Waals surface area (Å²) in [6.45, 7) is 0.521. The summed E-state index contributed by atoms with van der Waals surface area (Å²) in [5.41, 5.74) is 6.36. The molecule has 0 aliphatic carbocycles. The van der Waals surface area contributed by atoms with Gasteiger partial charge in [-0.05, 0) is 27.4 Å². The maximum atomic E-state index is 5.35. The van der Waals surface area contributed by atoms with Crippen molar-refractivity contribution in [3.63, 3.8) is 0 Å². The third-order valence-corrected chi connectivity index (χ3v) is 3.42. The number of fused-ring (bicyclic) bond motifs is 1. The number of thiocarbonyl (C=S) groups is 1. The van der Waals surface area contributed by atoms with Crippen molar-refractivity contribution in [1.29, 1.82) is 0 Å². The summed E-state index contributed by atoms with van der Waals surface area (Å²) in [4.78, 5) is 0.704. The molecule has 0 heterocycles. The number of nitrogens with one attached hydrogen (secondary N) is 2.